The summed E-state index contributed by atoms with van der Waals surface area (Å²) in [7, 11) is 0. The maximum Gasteiger partial charge on any atom is 0.00474 e. The lowest BCUT2D eigenvalue weighted by atomic mass is 9.73. The van der Waals surface area contributed by atoms with E-state index in [0.29, 0.717) is 10.8 Å². The molecule has 0 aromatic carbocycles. The number of piperidine rings is 1. The van der Waals surface area contributed by atoms with E-state index in [0.717, 1.165) is 6.54 Å². The van der Waals surface area contributed by atoms with Crippen LogP contribution in [0.5, 0.6) is 0 Å². The number of nitrogens with one attached hydrogen (secondary N) is 1. The smallest absolute Gasteiger partial charge is 0.00474 e. The van der Waals surface area contributed by atoms with Gasteiger partial charge in [-0.3, -0.25) is 0 Å². The molecule has 0 saturated carbocycles. The summed E-state index contributed by atoms with van der Waals surface area (Å²) >= 11 is 0. The molecular weight excluding hydrogens is 244 g/mol. The molecule has 1 atom stereocenters. The zero-order valence-corrected chi connectivity index (χ0v) is 14.7. The molecule has 0 radical (unpaired) electrons. The fraction of sp³-hybridized carbons (Fsp3) is 1.00. The highest BCUT2D eigenvalue weighted by Crippen LogP contribution is 2.38. The summed E-state index contributed by atoms with van der Waals surface area (Å²) < 4.78 is 0. The first-order valence-corrected chi connectivity index (χ1v) is 8.96. The van der Waals surface area contributed by atoms with Crippen LogP contribution in [0.25, 0.3) is 0 Å². The molecule has 2 heteroatoms. The van der Waals surface area contributed by atoms with Crippen molar-refractivity contribution in [3.05, 3.63) is 0 Å². The van der Waals surface area contributed by atoms with Crippen LogP contribution in [0.1, 0.15) is 73.1 Å². The first-order valence-electron chi connectivity index (χ1n) is 8.96. The Morgan fingerprint density at radius 2 is 1.65 bits per heavy atom. The molecule has 0 aromatic heterocycles. The van der Waals surface area contributed by atoms with E-state index in [9.17, 15) is 0 Å². The van der Waals surface area contributed by atoms with E-state index >= 15 is 0 Å². The predicted octanol–water partition coefficient (Wildman–Crippen LogP) is 4.30. The van der Waals surface area contributed by atoms with Gasteiger partial charge in [-0.1, -0.05) is 47.5 Å². The normalized spacial score (nSPS) is 22.6. The largest absolute Gasteiger partial charge is 0.316 e. The summed E-state index contributed by atoms with van der Waals surface area (Å²) in [4.78, 5) is 2.72. The number of nitrogens with zero attached hydrogens (tertiary/aromatic N) is 1. The summed E-state index contributed by atoms with van der Waals surface area (Å²) in [6.45, 7) is 18.0. The molecule has 1 rings (SSSR count). The lowest BCUT2D eigenvalue weighted by Gasteiger charge is -2.44. The average molecular weight is 283 g/mol. The highest BCUT2D eigenvalue weighted by Gasteiger charge is 2.33. The van der Waals surface area contributed by atoms with E-state index in [4.69, 9.17) is 0 Å². The van der Waals surface area contributed by atoms with E-state index < -0.39 is 0 Å². The molecule has 0 bridgehead atoms. The first kappa shape index (κ1) is 18.0. The second kappa shape index (κ2) is 8.38. The molecule has 1 heterocycles. The predicted molar refractivity (Wildman–Crippen MR) is 90.2 cm³/mol. The maximum atomic E-state index is 3.63. The maximum absolute atomic E-state index is 3.63. The van der Waals surface area contributed by atoms with Crippen molar-refractivity contribution >= 4 is 0 Å². The molecular formula is C18H38N2. The third-order valence-corrected chi connectivity index (χ3v) is 5.85. The Kier molecular flexibility index (Phi) is 7.53. The van der Waals surface area contributed by atoms with Crippen molar-refractivity contribution in [3.8, 4) is 0 Å². The fourth-order valence-corrected chi connectivity index (χ4v) is 3.54. The summed E-state index contributed by atoms with van der Waals surface area (Å²) in [5, 5.41) is 3.63. The Morgan fingerprint density at radius 1 is 1.05 bits per heavy atom. The van der Waals surface area contributed by atoms with Gasteiger partial charge in [-0.25, -0.2) is 0 Å². The lowest BCUT2D eigenvalue weighted by molar-refractivity contribution is 0.0630. The van der Waals surface area contributed by atoms with Crippen LogP contribution >= 0.6 is 0 Å². The van der Waals surface area contributed by atoms with Crippen molar-refractivity contribution in [2.45, 2.75) is 73.1 Å². The summed E-state index contributed by atoms with van der Waals surface area (Å²) in [6, 6.07) is 0. The summed E-state index contributed by atoms with van der Waals surface area (Å²) in [6.07, 6.45) is 8.04. The third kappa shape index (κ3) is 5.04. The van der Waals surface area contributed by atoms with Crippen molar-refractivity contribution in [3.63, 3.8) is 0 Å². The van der Waals surface area contributed by atoms with E-state index in [1.54, 1.807) is 0 Å². The molecule has 1 unspecified atom stereocenters. The van der Waals surface area contributed by atoms with Gasteiger partial charge in [-0.05, 0) is 56.1 Å². The molecule has 1 N–H and O–H groups in total. The molecule has 20 heavy (non-hydrogen) atoms. The van der Waals surface area contributed by atoms with E-state index in [2.05, 4.69) is 44.8 Å². The van der Waals surface area contributed by atoms with Crippen LogP contribution in [-0.4, -0.2) is 37.6 Å². The van der Waals surface area contributed by atoms with Gasteiger partial charge in [0.05, 0.1) is 0 Å². The van der Waals surface area contributed by atoms with Crippen molar-refractivity contribution < 1.29 is 0 Å². The van der Waals surface area contributed by atoms with Crippen LogP contribution in [0.15, 0.2) is 0 Å². The van der Waals surface area contributed by atoms with Gasteiger partial charge in [0.2, 0.25) is 0 Å². The van der Waals surface area contributed by atoms with Crippen molar-refractivity contribution in [1.82, 2.24) is 10.2 Å². The minimum atomic E-state index is 0.438. The van der Waals surface area contributed by atoms with Crippen LogP contribution in [0.3, 0.4) is 0 Å². The zero-order chi connectivity index (χ0) is 15.1. The Bertz CT molecular complexity index is 250. The van der Waals surface area contributed by atoms with E-state index in [-0.39, 0.29) is 0 Å². The standard InChI is InChI=1S/C18H38N2/c1-6-12-19-15-17(5,7-2)16-20-13-10-18(8-3,9-4)11-14-20/h19H,6-16H2,1-5H3. The zero-order valence-electron chi connectivity index (χ0n) is 14.7. The van der Waals surface area contributed by atoms with Crippen LogP contribution in [0.4, 0.5) is 0 Å². The minimum Gasteiger partial charge on any atom is -0.316 e. The van der Waals surface area contributed by atoms with Gasteiger partial charge in [0, 0.05) is 13.1 Å². The molecule has 1 saturated heterocycles. The average Bonchev–Trinajstić information content (AvgIpc) is 2.49. The first-order chi connectivity index (χ1) is 9.53. The highest BCUT2D eigenvalue weighted by molar-refractivity contribution is 4.87. The van der Waals surface area contributed by atoms with Crippen molar-refractivity contribution in [2.24, 2.45) is 10.8 Å². The quantitative estimate of drug-likeness (QED) is 0.634. The van der Waals surface area contributed by atoms with Crippen LogP contribution in [-0.2, 0) is 0 Å². The third-order valence-electron chi connectivity index (χ3n) is 5.85. The molecule has 0 aliphatic carbocycles. The summed E-state index contributed by atoms with van der Waals surface area (Å²) in [5.74, 6) is 0. The van der Waals surface area contributed by atoms with Gasteiger partial charge >= 0.3 is 0 Å². The van der Waals surface area contributed by atoms with Gasteiger partial charge in [0.25, 0.3) is 0 Å². The molecule has 1 aliphatic heterocycles. The van der Waals surface area contributed by atoms with E-state index in [1.165, 1.54) is 64.7 Å². The molecule has 1 fully saturated rings. The number of hydrogen-bond donors (Lipinski definition) is 1. The molecule has 0 spiro atoms. The molecule has 0 aromatic rings. The SMILES string of the molecule is CCCNCC(C)(CC)CN1CCC(CC)(CC)CC1. The van der Waals surface area contributed by atoms with Gasteiger partial charge in [-0.15, -0.1) is 0 Å². The molecule has 120 valence electrons. The van der Waals surface area contributed by atoms with Gasteiger partial charge in [0.15, 0.2) is 0 Å². The van der Waals surface area contributed by atoms with Crippen LogP contribution < -0.4 is 5.32 Å². The lowest BCUT2D eigenvalue weighted by Crippen LogP contribution is -2.47. The second-order valence-electron chi connectivity index (χ2n) is 7.32. The molecule has 0 amide bonds. The highest BCUT2D eigenvalue weighted by atomic mass is 15.1. The van der Waals surface area contributed by atoms with Crippen LogP contribution in [0.2, 0.25) is 0 Å². The summed E-state index contributed by atoms with van der Waals surface area (Å²) in [5.41, 5.74) is 1.09. The molecule has 1 aliphatic rings. The van der Waals surface area contributed by atoms with Crippen molar-refractivity contribution in [1.29, 1.82) is 0 Å². The minimum absolute atomic E-state index is 0.438. The fourth-order valence-electron chi connectivity index (χ4n) is 3.54. The Labute approximate surface area is 127 Å². The van der Waals surface area contributed by atoms with Gasteiger partial charge in [0.1, 0.15) is 0 Å². The van der Waals surface area contributed by atoms with Gasteiger partial charge in [-0.2, -0.15) is 0 Å². The van der Waals surface area contributed by atoms with Crippen LogP contribution in [0, 0.1) is 10.8 Å². The number of rotatable bonds is 9. The Morgan fingerprint density at radius 3 is 2.10 bits per heavy atom. The van der Waals surface area contributed by atoms with E-state index in [1.807, 2.05) is 0 Å². The van der Waals surface area contributed by atoms with Gasteiger partial charge < -0.3 is 10.2 Å². The van der Waals surface area contributed by atoms with Crippen molar-refractivity contribution in [2.75, 3.05) is 32.7 Å². The second-order valence-corrected chi connectivity index (χ2v) is 7.32. The Hall–Kier alpha value is -0.0800. The molecule has 2 nitrogen and oxygen atoms in total. The monoisotopic (exact) mass is 282 g/mol. The Balaban J connectivity index is 2.44. The topological polar surface area (TPSA) is 15.3 Å². The number of likely N-dealkylation sites (tertiary alicyclic amines) is 1. The number of hydrogen-bond acceptors (Lipinski definition) is 2.